The zero-order valence-electron chi connectivity index (χ0n) is 5.59. The van der Waals surface area contributed by atoms with Gasteiger partial charge in [-0.05, 0) is 11.0 Å². The summed E-state index contributed by atoms with van der Waals surface area (Å²) < 4.78 is 0. The molecule has 0 radical (unpaired) electrons. The van der Waals surface area contributed by atoms with Crippen LogP contribution in [-0.4, -0.2) is 11.0 Å². The minimum Gasteiger partial charge on any atom is -0.147 e. The number of rotatable bonds is 2. The van der Waals surface area contributed by atoms with Crippen LogP contribution < -0.4 is 0 Å². The maximum atomic E-state index is 4.43. The molecule has 0 bridgehead atoms. The Morgan fingerprint density at radius 1 is 1.38 bits per heavy atom. The SMILES string of the molecule is CCS(S)(S)C(C)C. The Hall–Kier alpha value is 1.05. The third-order valence-electron chi connectivity index (χ3n) is 1.18. The molecule has 0 heterocycles. The average Bonchev–Trinajstić information content (AvgIpc) is 1.67. The van der Waals surface area contributed by atoms with Gasteiger partial charge in [-0.2, -0.15) is 0 Å². The normalized spacial score (nSPS) is 14.8. The van der Waals surface area contributed by atoms with Crippen LogP contribution in [0, 0.1) is 0 Å². The molecule has 0 aromatic carbocycles. The van der Waals surface area contributed by atoms with Crippen molar-refractivity contribution >= 4 is 31.4 Å². The van der Waals surface area contributed by atoms with Gasteiger partial charge in [0.25, 0.3) is 0 Å². The average molecular weight is 170 g/mol. The lowest BCUT2D eigenvalue weighted by molar-refractivity contribution is 1.11. The van der Waals surface area contributed by atoms with Crippen molar-refractivity contribution in [2.75, 3.05) is 5.75 Å². The summed E-state index contributed by atoms with van der Waals surface area (Å²) in [4.78, 5) is 0. The Morgan fingerprint density at radius 2 is 1.75 bits per heavy atom. The zero-order valence-corrected chi connectivity index (χ0v) is 8.19. The van der Waals surface area contributed by atoms with Crippen LogP contribution in [0.4, 0.5) is 0 Å². The largest absolute Gasteiger partial charge is 0.147 e. The molecule has 0 saturated heterocycles. The van der Waals surface area contributed by atoms with Gasteiger partial charge in [0.2, 0.25) is 0 Å². The highest BCUT2D eigenvalue weighted by Gasteiger charge is 2.14. The Bertz CT molecular complexity index is 68.1. The first-order valence-corrected chi connectivity index (χ1v) is 6.72. The van der Waals surface area contributed by atoms with Crippen LogP contribution in [0.15, 0.2) is 0 Å². The van der Waals surface area contributed by atoms with E-state index in [0.717, 1.165) is 5.75 Å². The molecule has 0 saturated carbocycles. The molecule has 0 aromatic heterocycles. The highest BCUT2D eigenvalue weighted by atomic mass is 33.5. The van der Waals surface area contributed by atoms with Gasteiger partial charge < -0.3 is 0 Å². The lowest BCUT2D eigenvalue weighted by Gasteiger charge is -2.31. The third-order valence-corrected chi connectivity index (χ3v) is 7.62. The van der Waals surface area contributed by atoms with Gasteiger partial charge in [-0.1, -0.05) is 20.8 Å². The summed E-state index contributed by atoms with van der Waals surface area (Å²) in [6.07, 6.45) is 0. The van der Waals surface area contributed by atoms with E-state index in [9.17, 15) is 0 Å². The maximum Gasteiger partial charge on any atom is -0.0000207 e. The number of hydrogen-bond acceptors (Lipinski definition) is 2. The molecule has 0 aromatic rings. The second-order valence-electron chi connectivity index (χ2n) is 2.05. The van der Waals surface area contributed by atoms with Crippen molar-refractivity contribution in [1.29, 1.82) is 0 Å². The fraction of sp³-hybridized carbons (Fsp3) is 1.00. The molecule has 0 rings (SSSR count). The quantitative estimate of drug-likeness (QED) is 0.462. The number of hydrogen-bond donors (Lipinski definition) is 2. The summed E-state index contributed by atoms with van der Waals surface area (Å²) in [5.74, 6) is 1.09. The smallest absolute Gasteiger partial charge is 0.0000207 e. The van der Waals surface area contributed by atoms with Crippen LogP contribution in [0.3, 0.4) is 0 Å². The van der Waals surface area contributed by atoms with Crippen LogP contribution in [0.1, 0.15) is 20.8 Å². The third kappa shape index (κ3) is 2.55. The van der Waals surface area contributed by atoms with E-state index in [1.807, 2.05) is 0 Å². The molecule has 3 heteroatoms. The first-order valence-electron chi connectivity index (χ1n) is 2.75. The standard InChI is InChI=1S/C5H14S3/c1-4-8(6,7)5(2)3/h5-7H,4H2,1-3H3. The molecule has 0 aliphatic heterocycles. The van der Waals surface area contributed by atoms with Crippen molar-refractivity contribution in [1.82, 2.24) is 0 Å². The van der Waals surface area contributed by atoms with Crippen LogP contribution in [-0.2, 0) is 0 Å². The highest BCUT2D eigenvalue weighted by molar-refractivity contribution is 9.18. The van der Waals surface area contributed by atoms with Gasteiger partial charge in [-0.25, -0.2) is 0 Å². The maximum absolute atomic E-state index is 4.43. The molecule has 0 nitrogen and oxygen atoms in total. The molecule has 0 aliphatic rings. The van der Waals surface area contributed by atoms with Crippen molar-refractivity contribution in [2.24, 2.45) is 0 Å². The highest BCUT2D eigenvalue weighted by Crippen LogP contribution is 2.60. The van der Waals surface area contributed by atoms with Gasteiger partial charge >= 0.3 is 0 Å². The predicted octanol–water partition coefficient (Wildman–Crippen LogP) is 2.91. The molecule has 0 unspecified atom stereocenters. The molecule has 0 atom stereocenters. The fourth-order valence-corrected chi connectivity index (χ4v) is 1.00. The molecule has 8 heavy (non-hydrogen) atoms. The van der Waals surface area contributed by atoms with Gasteiger partial charge in [0.1, 0.15) is 0 Å². The van der Waals surface area contributed by atoms with Gasteiger partial charge in [0.05, 0.1) is 0 Å². The molecule has 0 fully saturated rings. The molecule has 0 N–H and O–H groups in total. The van der Waals surface area contributed by atoms with E-state index in [2.05, 4.69) is 44.1 Å². The number of thiol groups is 2. The lowest BCUT2D eigenvalue weighted by Crippen LogP contribution is -2.00. The summed E-state index contributed by atoms with van der Waals surface area (Å²) in [5.41, 5.74) is 0. The predicted molar refractivity (Wildman–Crippen MR) is 51.2 cm³/mol. The van der Waals surface area contributed by atoms with Gasteiger partial charge in [-0.3, -0.25) is 0 Å². The summed E-state index contributed by atoms with van der Waals surface area (Å²) in [7, 11) is -0.847. The molecule has 52 valence electrons. The van der Waals surface area contributed by atoms with E-state index in [-0.39, 0.29) is 0 Å². The summed E-state index contributed by atoms with van der Waals surface area (Å²) in [5, 5.41) is 0.624. The van der Waals surface area contributed by atoms with E-state index in [0.29, 0.717) is 5.25 Å². The van der Waals surface area contributed by atoms with E-state index < -0.39 is 8.09 Å². The zero-order chi connectivity index (χ0) is 6.78. The Kier molecular flexibility index (Phi) is 3.71. The second kappa shape index (κ2) is 3.28. The van der Waals surface area contributed by atoms with Crippen molar-refractivity contribution in [3.8, 4) is 0 Å². The van der Waals surface area contributed by atoms with Gasteiger partial charge in [0.15, 0.2) is 0 Å². The summed E-state index contributed by atoms with van der Waals surface area (Å²) >= 11 is 8.86. The van der Waals surface area contributed by atoms with Crippen LogP contribution in [0.5, 0.6) is 0 Å². The minimum atomic E-state index is -0.847. The first-order chi connectivity index (χ1) is 3.50. The molecular weight excluding hydrogens is 156 g/mol. The molecule has 0 spiro atoms. The van der Waals surface area contributed by atoms with E-state index in [1.165, 1.54) is 0 Å². The monoisotopic (exact) mass is 170 g/mol. The van der Waals surface area contributed by atoms with Crippen molar-refractivity contribution < 1.29 is 0 Å². The van der Waals surface area contributed by atoms with Crippen molar-refractivity contribution in [3.05, 3.63) is 0 Å². The minimum absolute atomic E-state index is 0.624. The summed E-state index contributed by atoms with van der Waals surface area (Å²) in [6.45, 7) is 6.47. The molecule has 0 aliphatic carbocycles. The topological polar surface area (TPSA) is 0 Å². The van der Waals surface area contributed by atoms with E-state index in [4.69, 9.17) is 0 Å². The van der Waals surface area contributed by atoms with Gasteiger partial charge in [-0.15, -0.1) is 31.4 Å². The van der Waals surface area contributed by atoms with E-state index in [1.54, 1.807) is 0 Å². The van der Waals surface area contributed by atoms with Gasteiger partial charge in [0, 0.05) is 0 Å². The molecular formula is C5H14S3. The Morgan fingerprint density at radius 3 is 1.75 bits per heavy atom. The Balaban J connectivity index is 3.71. The first kappa shape index (κ1) is 9.05. The van der Waals surface area contributed by atoms with Crippen molar-refractivity contribution in [3.63, 3.8) is 0 Å². The van der Waals surface area contributed by atoms with Crippen LogP contribution in [0.2, 0.25) is 0 Å². The summed E-state index contributed by atoms with van der Waals surface area (Å²) in [6, 6.07) is 0. The van der Waals surface area contributed by atoms with E-state index >= 15 is 0 Å². The van der Waals surface area contributed by atoms with Crippen LogP contribution >= 0.6 is 31.4 Å². The van der Waals surface area contributed by atoms with Crippen molar-refractivity contribution in [2.45, 2.75) is 26.0 Å². The van der Waals surface area contributed by atoms with Crippen LogP contribution in [0.25, 0.3) is 0 Å². The second-order valence-corrected chi connectivity index (χ2v) is 9.78. The lowest BCUT2D eigenvalue weighted by atomic mass is 10.6. The fourth-order valence-electron chi connectivity index (χ4n) is 0.333. The Labute approximate surface area is 63.4 Å². The molecule has 0 amide bonds.